The minimum absolute atomic E-state index is 0. The average molecular weight is 493 g/mol. The van der Waals surface area contributed by atoms with E-state index in [1.165, 1.54) is 31.2 Å². The van der Waals surface area contributed by atoms with Crippen molar-refractivity contribution in [2.24, 2.45) is 4.99 Å². The predicted molar refractivity (Wildman–Crippen MR) is 125 cm³/mol. The van der Waals surface area contributed by atoms with Crippen molar-refractivity contribution in [3.8, 4) is 0 Å². The van der Waals surface area contributed by atoms with Gasteiger partial charge in [0.15, 0.2) is 11.7 Å². The molecule has 0 bridgehead atoms. The molecule has 0 saturated heterocycles. The van der Waals surface area contributed by atoms with Gasteiger partial charge in [0.1, 0.15) is 11.5 Å². The predicted octanol–water partition coefficient (Wildman–Crippen LogP) is 5.28. The van der Waals surface area contributed by atoms with Gasteiger partial charge >= 0.3 is 6.03 Å². The van der Waals surface area contributed by atoms with Crippen molar-refractivity contribution in [2.75, 3.05) is 18.0 Å². The molecule has 1 aromatic heterocycles. The Kier molecular flexibility index (Phi) is 6.21. The van der Waals surface area contributed by atoms with Gasteiger partial charge < -0.3 is 4.98 Å². The fraction of sp³-hybridized carbons (Fsp3) is 0.500. The lowest BCUT2D eigenvalue weighted by atomic mass is 10.1. The molecule has 2 aliphatic heterocycles. The average Bonchev–Trinajstić information content (AvgIpc) is 3.43. The fourth-order valence-electron chi connectivity index (χ4n) is 4.78. The number of amidine groups is 1. The van der Waals surface area contributed by atoms with Crippen LogP contribution in [0.25, 0.3) is 0 Å². The number of H-pyrrole nitrogens is 1. The maximum absolute atomic E-state index is 13.3. The highest BCUT2D eigenvalue weighted by Gasteiger charge is 2.42. The second-order valence-corrected chi connectivity index (χ2v) is 9.20. The number of aromatic amines is 1. The van der Waals surface area contributed by atoms with Crippen LogP contribution in [0.1, 0.15) is 62.0 Å². The second-order valence-electron chi connectivity index (χ2n) is 8.29. The summed E-state index contributed by atoms with van der Waals surface area (Å²) in [5, 5.41) is 0. The molecule has 8 heteroatoms. The Labute approximate surface area is 191 Å². The number of rotatable bonds is 5. The van der Waals surface area contributed by atoms with Gasteiger partial charge in [0, 0.05) is 16.9 Å². The molecular formula is C22H27BrClN5O. The highest BCUT2D eigenvalue weighted by molar-refractivity contribution is 9.10. The number of nitrogens with zero attached hydrogens (tertiary/aromatic N) is 4. The van der Waals surface area contributed by atoms with E-state index in [-0.39, 0.29) is 24.5 Å². The lowest BCUT2D eigenvalue weighted by Gasteiger charge is -2.32. The van der Waals surface area contributed by atoms with Crippen LogP contribution in [-0.2, 0) is 6.42 Å². The van der Waals surface area contributed by atoms with E-state index in [0.29, 0.717) is 19.0 Å². The van der Waals surface area contributed by atoms with Crippen molar-refractivity contribution in [1.82, 2.24) is 14.9 Å². The normalized spacial score (nSPS) is 20.8. The van der Waals surface area contributed by atoms with Gasteiger partial charge in [0.25, 0.3) is 0 Å². The van der Waals surface area contributed by atoms with Gasteiger partial charge in [0.05, 0.1) is 12.6 Å². The molecule has 1 fully saturated rings. The third-order valence-corrected chi connectivity index (χ3v) is 6.64. The molecule has 0 spiro atoms. The number of halogens is 2. The number of hydrogen-bond acceptors (Lipinski definition) is 3. The number of aromatic nitrogens is 2. The van der Waals surface area contributed by atoms with E-state index in [1.807, 2.05) is 21.9 Å². The fourth-order valence-corrected chi connectivity index (χ4v) is 5.23. The molecule has 0 radical (unpaired) electrons. The molecule has 2 amide bonds. The first-order valence-corrected chi connectivity index (χ1v) is 11.4. The van der Waals surface area contributed by atoms with E-state index in [1.54, 1.807) is 0 Å². The van der Waals surface area contributed by atoms with Gasteiger partial charge in [0.2, 0.25) is 0 Å². The number of urea groups is 1. The third-order valence-electron chi connectivity index (χ3n) is 6.15. The minimum Gasteiger partial charge on any atom is -0.337 e. The highest BCUT2D eigenvalue weighted by Crippen LogP contribution is 2.37. The molecule has 1 atom stereocenters. The van der Waals surface area contributed by atoms with E-state index in [9.17, 15) is 4.79 Å². The number of amides is 2. The van der Waals surface area contributed by atoms with Crippen molar-refractivity contribution in [3.63, 3.8) is 0 Å². The number of nitrogens with one attached hydrogen (secondary N) is 1. The number of imidazole rings is 1. The summed E-state index contributed by atoms with van der Waals surface area (Å²) in [6.07, 6.45) is 6.59. The summed E-state index contributed by atoms with van der Waals surface area (Å²) < 4.78 is 1.07. The molecule has 6 nitrogen and oxygen atoms in total. The largest absolute Gasteiger partial charge is 0.337 e. The van der Waals surface area contributed by atoms with Gasteiger partial charge in [-0.2, -0.15) is 0 Å². The number of aliphatic imine (C=N–C) groups is 1. The Morgan fingerprint density at radius 2 is 2.07 bits per heavy atom. The second kappa shape index (κ2) is 8.71. The molecule has 3 aliphatic rings. The summed E-state index contributed by atoms with van der Waals surface area (Å²) in [7, 11) is 0. The van der Waals surface area contributed by atoms with Gasteiger partial charge in [-0.15, -0.1) is 12.4 Å². The molecular weight excluding hydrogens is 466 g/mol. The van der Waals surface area contributed by atoms with Gasteiger partial charge in [-0.3, -0.25) is 14.8 Å². The Bertz CT molecular complexity index is 968. The van der Waals surface area contributed by atoms with E-state index in [4.69, 9.17) is 9.98 Å². The molecule has 1 N–H and O–H groups in total. The van der Waals surface area contributed by atoms with E-state index in [0.717, 1.165) is 40.5 Å². The van der Waals surface area contributed by atoms with E-state index < -0.39 is 0 Å². The van der Waals surface area contributed by atoms with Crippen LogP contribution in [-0.4, -0.2) is 45.9 Å². The Balaban J connectivity index is 0.00000218. The van der Waals surface area contributed by atoms with Crippen LogP contribution in [0.3, 0.4) is 0 Å². The van der Waals surface area contributed by atoms with Gasteiger partial charge in [-0.1, -0.05) is 47.8 Å². The van der Waals surface area contributed by atoms with Crippen molar-refractivity contribution >= 4 is 46.0 Å². The first-order valence-electron chi connectivity index (χ1n) is 10.7. The third kappa shape index (κ3) is 3.78. The quantitative estimate of drug-likeness (QED) is 0.617. The van der Waals surface area contributed by atoms with Crippen LogP contribution in [0.2, 0.25) is 0 Å². The summed E-state index contributed by atoms with van der Waals surface area (Å²) in [6, 6.07) is 8.40. The molecule has 5 rings (SSSR count). The van der Waals surface area contributed by atoms with Crippen LogP contribution in [0.5, 0.6) is 0 Å². The summed E-state index contributed by atoms with van der Waals surface area (Å²) in [4.78, 5) is 30.4. The molecule has 30 heavy (non-hydrogen) atoms. The van der Waals surface area contributed by atoms with Crippen LogP contribution in [0.4, 0.5) is 10.6 Å². The van der Waals surface area contributed by atoms with Crippen LogP contribution in [0.15, 0.2) is 33.7 Å². The molecule has 1 aromatic carbocycles. The number of benzene rings is 1. The van der Waals surface area contributed by atoms with Crippen molar-refractivity contribution in [1.29, 1.82) is 0 Å². The van der Waals surface area contributed by atoms with E-state index >= 15 is 0 Å². The summed E-state index contributed by atoms with van der Waals surface area (Å²) in [5.41, 5.74) is 2.15. The van der Waals surface area contributed by atoms with Crippen molar-refractivity contribution in [2.45, 2.75) is 57.4 Å². The molecule has 2 aromatic rings. The minimum atomic E-state index is 0. The first-order chi connectivity index (χ1) is 14.1. The number of carbonyl (C=O) groups is 1. The standard InChI is InChI=1S/C22H26BrN5O.ClH/c1-2-10-27-21-18(25-19(26-21)15-7-3-4-8-15)20-24-17(13-28(20)22(27)29)12-14-6-5-9-16(23)11-14;/h5-6,9,11,15,17H,2-4,7-8,10,12-13H2,1H3,(H,25,26);1H. The molecule has 1 saturated carbocycles. The monoisotopic (exact) mass is 491 g/mol. The van der Waals surface area contributed by atoms with Gasteiger partial charge in [-0.25, -0.2) is 9.78 Å². The maximum Gasteiger partial charge on any atom is 0.331 e. The molecule has 3 heterocycles. The summed E-state index contributed by atoms with van der Waals surface area (Å²) >= 11 is 3.54. The lowest BCUT2D eigenvalue weighted by molar-refractivity contribution is 0.226. The summed E-state index contributed by atoms with van der Waals surface area (Å²) in [6.45, 7) is 3.40. The topological polar surface area (TPSA) is 64.6 Å². The summed E-state index contributed by atoms with van der Waals surface area (Å²) in [5.74, 6) is 3.06. The molecule has 1 unspecified atom stereocenters. The van der Waals surface area contributed by atoms with Crippen molar-refractivity contribution < 1.29 is 4.79 Å². The number of carbonyl (C=O) groups excluding carboxylic acids is 1. The van der Waals surface area contributed by atoms with Crippen LogP contribution in [0, 0.1) is 0 Å². The van der Waals surface area contributed by atoms with E-state index in [2.05, 4.69) is 40.0 Å². The SMILES string of the molecule is CCCN1C(=O)N2CC(Cc3cccc(Br)c3)N=C2c2[nH]c(C3CCCC3)nc21.Cl. The van der Waals surface area contributed by atoms with Gasteiger partial charge in [-0.05, 0) is 43.4 Å². The first kappa shape index (κ1) is 21.4. The number of hydrogen-bond donors (Lipinski definition) is 1. The maximum atomic E-state index is 13.3. The Morgan fingerprint density at radius 1 is 1.27 bits per heavy atom. The smallest absolute Gasteiger partial charge is 0.331 e. The van der Waals surface area contributed by atoms with Crippen molar-refractivity contribution in [3.05, 3.63) is 45.8 Å². The zero-order valence-corrected chi connectivity index (χ0v) is 19.5. The Morgan fingerprint density at radius 3 is 2.80 bits per heavy atom. The van der Waals surface area contributed by atoms with Crippen LogP contribution < -0.4 is 4.90 Å². The molecule has 160 valence electrons. The zero-order chi connectivity index (χ0) is 20.0. The van der Waals surface area contributed by atoms with Crippen LogP contribution >= 0.6 is 28.3 Å². The zero-order valence-electron chi connectivity index (χ0n) is 17.1. The number of fused-ring (bicyclic) bond motifs is 3. The molecule has 1 aliphatic carbocycles. The Hall–Kier alpha value is -1.86. The lowest BCUT2D eigenvalue weighted by Crippen LogP contribution is -2.50. The number of anilines is 1. The highest BCUT2D eigenvalue weighted by atomic mass is 79.9.